The maximum absolute atomic E-state index is 5.48. The van der Waals surface area contributed by atoms with E-state index in [0.29, 0.717) is 17.2 Å². The van der Waals surface area contributed by atoms with E-state index in [4.69, 9.17) is 23.0 Å². The molecule has 0 unspecified atom stereocenters. The zero-order valence-electron chi connectivity index (χ0n) is 5.83. The maximum Gasteiger partial charge on any atom is 0.167 e. The molecule has 0 aliphatic rings. The van der Waals surface area contributed by atoms with Crippen molar-refractivity contribution in [3.05, 3.63) is 6.07 Å². The van der Waals surface area contributed by atoms with Crippen molar-refractivity contribution in [3.8, 4) is 0 Å². The fourth-order valence-electron chi connectivity index (χ4n) is 0.705. The molecular formula is C5H10N6. The lowest BCUT2D eigenvalue weighted by Gasteiger charge is -2.06. The average Bonchev–Trinajstić information content (AvgIpc) is 1.96. The lowest BCUT2D eigenvalue weighted by Crippen LogP contribution is -2.13. The summed E-state index contributed by atoms with van der Waals surface area (Å²) in [6.45, 7) is 0. The Morgan fingerprint density at radius 3 is 2.45 bits per heavy atom. The normalized spacial score (nSPS) is 9.55. The van der Waals surface area contributed by atoms with Crippen molar-refractivity contribution >= 4 is 23.0 Å². The molecule has 6 heteroatoms. The molecule has 0 atom stereocenters. The molecule has 0 aliphatic carbocycles. The molecule has 60 valence electrons. The molecular weight excluding hydrogens is 144 g/mol. The number of pyridine rings is 1. The maximum atomic E-state index is 5.48. The zero-order valence-corrected chi connectivity index (χ0v) is 5.83. The molecule has 11 heavy (non-hydrogen) atoms. The molecule has 1 aromatic heterocycles. The van der Waals surface area contributed by atoms with E-state index in [-0.39, 0.29) is 5.82 Å². The van der Waals surface area contributed by atoms with Gasteiger partial charge in [-0.3, -0.25) is 0 Å². The fourth-order valence-corrected chi connectivity index (χ4v) is 0.705. The van der Waals surface area contributed by atoms with Gasteiger partial charge in [0.05, 0.1) is 11.4 Å². The summed E-state index contributed by atoms with van der Waals surface area (Å²) in [6, 6.07) is 1.47. The van der Waals surface area contributed by atoms with E-state index in [9.17, 15) is 0 Å². The Balaban J connectivity index is 3.24. The van der Waals surface area contributed by atoms with Crippen molar-refractivity contribution in [1.82, 2.24) is 4.98 Å². The largest absolute Gasteiger partial charge is 0.397 e. The smallest absolute Gasteiger partial charge is 0.167 e. The second-order valence-electron chi connectivity index (χ2n) is 2.04. The molecule has 0 aromatic carbocycles. The van der Waals surface area contributed by atoms with Gasteiger partial charge in [0.25, 0.3) is 0 Å². The molecule has 9 N–H and O–H groups in total. The topological polar surface area (TPSA) is 129 Å². The van der Waals surface area contributed by atoms with Gasteiger partial charge in [-0.25, -0.2) is 10.8 Å². The minimum atomic E-state index is 0.282. The Kier molecular flexibility index (Phi) is 1.69. The quantitative estimate of drug-likeness (QED) is 0.263. The molecule has 0 aliphatic heterocycles. The van der Waals surface area contributed by atoms with Gasteiger partial charge in [-0.05, 0) is 0 Å². The molecule has 0 amide bonds. The number of anilines is 4. The van der Waals surface area contributed by atoms with Crippen LogP contribution < -0.4 is 28.5 Å². The monoisotopic (exact) mass is 154 g/mol. The van der Waals surface area contributed by atoms with Gasteiger partial charge in [0.15, 0.2) is 5.82 Å². The number of hydrogen-bond donors (Lipinski definition) is 5. The van der Waals surface area contributed by atoms with E-state index in [1.54, 1.807) is 0 Å². The predicted molar refractivity (Wildman–Crippen MR) is 45.3 cm³/mol. The number of rotatable bonds is 1. The highest BCUT2D eigenvalue weighted by atomic mass is 15.3. The second kappa shape index (κ2) is 2.51. The lowest BCUT2D eigenvalue weighted by atomic mass is 10.3. The van der Waals surface area contributed by atoms with Crippen LogP contribution in [0.3, 0.4) is 0 Å². The number of nitrogens with one attached hydrogen (secondary N) is 1. The number of nitrogens with zero attached hydrogens (tertiary/aromatic N) is 1. The van der Waals surface area contributed by atoms with Crippen LogP contribution in [0.15, 0.2) is 6.07 Å². The molecule has 1 aromatic rings. The van der Waals surface area contributed by atoms with Crippen LogP contribution in [0.4, 0.5) is 23.0 Å². The van der Waals surface area contributed by atoms with Crippen LogP contribution in [0.2, 0.25) is 0 Å². The van der Waals surface area contributed by atoms with E-state index < -0.39 is 0 Å². The van der Waals surface area contributed by atoms with Crippen LogP contribution >= 0.6 is 0 Å². The Labute approximate surface area is 63.5 Å². The van der Waals surface area contributed by atoms with Crippen molar-refractivity contribution in [2.75, 3.05) is 22.6 Å². The fraction of sp³-hybridized carbons (Fsp3) is 0. The summed E-state index contributed by atoms with van der Waals surface area (Å²) < 4.78 is 0. The van der Waals surface area contributed by atoms with Crippen LogP contribution in [-0.2, 0) is 0 Å². The molecule has 1 rings (SSSR count). The number of aromatic nitrogens is 1. The van der Waals surface area contributed by atoms with Crippen LogP contribution in [0.1, 0.15) is 0 Å². The first-order valence-corrected chi connectivity index (χ1v) is 2.93. The molecule has 0 radical (unpaired) electrons. The minimum absolute atomic E-state index is 0.282. The summed E-state index contributed by atoms with van der Waals surface area (Å²) in [5, 5.41) is 0. The van der Waals surface area contributed by atoms with E-state index in [1.807, 2.05) is 0 Å². The van der Waals surface area contributed by atoms with Crippen LogP contribution in [0, 0.1) is 0 Å². The van der Waals surface area contributed by atoms with Crippen molar-refractivity contribution in [1.29, 1.82) is 0 Å². The first-order chi connectivity index (χ1) is 5.15. The molecule has 0 saturated heterocycles. The highest BCUT2D eigenvalue weighted by molar-refractivity contribution is 5.77. The van der Waals surface area contributed by atoms with E-state index in [2.05, 4.69) is 10.4 Å². The van der Waals surface area contributed by atoms with E-state index >= 15 is 0 Å². The predicted octanol–water partition coefficient (Wildman–Crippen LogP) is -0.886. The molecule has 0 saturated carbocycles. The van der Waals surface area contributed by atoms with Crippen molar-refractivity contribution in [2.24, 2.45) is 5.84 Å². The molecule has 0 fully saturated rings. The Morgan fingerprint density at radius 2 is 1.91 bits per heavy atom. The lowest BCUT2D eigenvalue weighted by molar-refractivity contribution is 1.24. The Hall–Kier alpha value is -1.69. The van der Waals surface area contributed by atoms with Gasteiger partial charge in [0.2, 0.25) is 0 Å². The van der Waals surface area contributed by atoms with Gasteiger partial charge in [-0.2, -0.15) is 0 Å². The van der Waals surface area contributed by atoms with Crippen LogP contribution in [0.25, 0.3) is 0 Å². The third-order valence-electron chi connectivity index (χ3n) is 1.25. The molecule has 1 heterocycles. The summed E-state index contributed by atoms with van der Waals surface area (Å²) in [4.78, 5) is 3.79. The SMILES string of the molecule is NNc1nc(N)cc(N)c1N. The highest BCUT2D eigenvalue weighted by Crippen LogP contribution is 2.23. The summed E-state index contributed by atoms with van der Waals surface area (Å²) in [5.74, 6) is 5.66. The van der Waals surface area contributed by atoms with Gasteiger partial charge in [0.1, 0.15) is 5.82 Å². The van der Waals surface area contributed by atoms with Gasteiger partial charge in [0, 0.05) is 6.07 Å². The first-order valence-electron chi connectivity index (χ1n) is 2.93. The third-order valence-corrected chi connectivity index (χ3v) is 1.25. The highest BCUT2D eigenvalue weighted by Gasteiger charge is 2.03. The number of nitrogens with two attached hydrogens (primary N) is 4. The van der Waals surface area contributed by atoms with E-state index in [0.717, 1.165) is 0 Å². The van der Waals surface area contributed by atoms with Gasteiger partial charge >= 0.3 is 0 Å². The molecule has 0 spiro atoms. The number of nitrogen functional groups attached to an aromatic ring is 4. The summed E-state index contributed by atoms with van der Waals surface area (Å²) in [7, 11) is 0. The van der Waals surface area contributed by atoms with Crippen molar-refractivity contribution < 1.29 is 0 Å². The van der Waals surface area contributed by atoms with Gasteiger partial charge < -0.3 is 22.6 Å². The average molecular weight is 154 g/mol. The third kappa shape index (κ3) is 1.24. The summed E-state index contributed by atoms with van der Waals surface area (Å²) in [6.07, 6.45) is 0. The molecule has 0 bridgehead atoms. The summed E-state index contributed by atoms with van der Waals surface area (Å²) in [5.41, 5.74) is 19.2. The van der Waals surface area contributed by atoms with Gasteiger partial charge in [-0.15, -0.1) is 0 Å². The first kappa shape index (κ1) is 7.42. The van der Waals surface area contributed by atoms with E-state index in [1.165, 1.54) is 6.07 Å². The molecule has 6 nitrogen and oxygen atoms in total. The minimum Gasteiger partial charge on any atom is -0.397 e. The van der Waals surface area contributed by atoms with Crippen molar-refractivity contribution in [2.45, 2.75) is 0 Å². The van der Waals surface area contributed by atoms with Gasteiger partial charge in [-0.1, -0.05) is 0 Å². The van der Waals surface area contributed by atoms with Crippen LogP contribution in [-0.4, -0.2) is 4.98 Å². The van der Waals surface area contributed by atoms with Crippen molar-refractivity contribution in [3.63, 3.8) is 0 Å². The Morgan fingerprint density at radius 1 is 1.27 bits per heavy atom. The second-order valence-corrected chi connectivity index (χ2v) is 2.04. The van der Waals surface area contributed by atoms with Crippen LogP contribution in [0.5, 0.6) is 0 Å². The number of hydrazine groups is 1. The standard InChI is InChI=1S/C5H10N6/c6-2-1-3(7)10-5(11-9)4(2)8/h1H,8-9H2,(H5,6,7,10,11). The number of hydrogen-bond acceptors (Lipinski definition) is 6. The Bertz CT molecular complexity index is 270. The summed E-state index contributed by atoms with van der Waals surface area (Å²) >= 11 is 0. The zero-order chi connectivity index (χ0) is 8.43.